The molecule has 0 aromatic heterocycles. The predicted molar refractivity (Wildman–Crippen MR) is 85.6 cm³/mol. The molecule has 2 rings (SSSR count). The van der Waals surface area contributed by atoms with Crippen molar-refractivity contribution in [2.45, 2.75) is 6.54 Å². The topological polar surface area (TPSA) is 48.3 Å². The van der Waals surface area contributed by atoms with Crippen molar-refractivity contribution in [2.24, 2.45) is 0 Å². The molecular weight excluding hydrogens is 262 g/mol. The molecule has 0 aliphatic carbocycles. The molecule has 1 N–H and O–H groups in total. The minimum absolute atomic E-state index is 0.0744. The van der Waals surface area contributed by atoms with Crippen molar-refractivity contribution in [1.29, 1.82) is 5.26 Å². The molecule has 0 aliphatic heterocycles. The zero-order chi connectivity index (χ0) is 15.1. The number of ether oxygens (including phenoxy) is 1. The van der Waals surface area contributed by atoms with Crippen LogP contribution in [0, 0.1) is 11.3 Å². The van der Waals surface area contributed by atoms with E-state index in [-0.39, 0.29) is 6.61 Å². The highest BCUT2D eigenvalue weighted by Crippen LogP contribution is 2.17. The average Bonchev–Trinajstić information content (AvgIpc) is 2.52. The van der Waals surface area contributed by atoms with Crippen molar-refractivity contribution in [3.63, 3.8) is 0 Å². The predicted octanol–water partition coefficient (Wildman–Crippen LogP) is 3.27. The average molecular weight is 281 g/mol. The maximum Gasteiger partial charge on any atom is 0.174 e. The molecule has 0 aliphatic rings. The van der Waals surface area contributed by atoms with Crippen molar-refractivity contribution >= 4 is 11.4 Å². The van der Waals surface area contributed by atoms with E-state index < -0.39 is 0 Å². The lowest BCUT2D eigenvalue weighted by Gasteiger charge is -2.13. The van der Waals surface area contributed by atoms with Crippen molar-refractivity contribution < 1.29 is 4.74 Å². The van der Waals surface area contributed by atoms with Crippen LogP contribution in [0.3, 0.4) is 0 Å². The molecule has 0 spiro atoms. The molecule has 0 saturated heterocycles. The van der Waals surface area contributed by atoms with Crippen LogP contribution in [0.4, 0.5) is 11.4 Å². The second-order valence-electron chi connectivity index (χ2n) is 4.89. The summed E-state index contributed by atoms with van der Waals surface area (Å²) in [6, 6.07) is 18.0. The third-order valence-corrected chi connectivity index (χ3v) is 3.11. The Bertz CT molecular complexity index is 597. The molecule has 4 nitrogen and oxygen atoms in total. The number of hydrogen-bond donors (Lipinski definition) is 1. The third kappa shape index (κ3) is 4.43. The maximum atomic E-state index is 8.46. The highest BCUT2D eigenvalue weighted by molar-refractivity contribution is 5.49. The summed E-state index contributed by atoms with van der Waals surface area (Å²) in [6.45, 7) is 0.844. The second kappa shape index (κ2) is 7.20. The van der Waals surface area contributed by atoms with E-state index in [1.54, 1.807) is 0 Å². The first kappa shape index (κ1) is 14.7. The molecular formula is C17H19N3O. The van der Waals surface area contributed by atoms with Crippen LogP contribution < -0.4 is 15.0 Å². The van der Waals surface area contributed by atoms with Crippen LogP contribution in [0.1, 0.15) is 5.56 Å². The standard InChI is InChI=1S/C17H19N3O/c1-20(2)16-7-3-14(4-8-16)13-19-15-5-9-17(10-6-15)21-12-11-18/h3-10,19H,12-13H2,1-2H3. The van der Waals surface area contributed by atoms with Gasteiger partial charge in [-0.05, 0) is 42.0 Å². The summed E-state index contributed by atoms with van der Waals surface area (Å²) in [6.07, 6.45) is 0. The number of nitrogens with one attached hydrogen (secondary N) is 1. The van der Waals surface area contributed by atoms with Gasteiger partial charge in [-0.15, -0.1) is 0 Å². The van der Waals surface area contributed by atoms with E-state index in [1.165, 1.54) is 11.3 Å². The fourth-order valence-electron chi connectivity index (χ4n) is 1.90. The van der Waals surface area contributed by atoms with Gasteiger partial charge in [0.1, 0.15) is 11.8 Å². The van der Waals surface area contributed by atoms with Crippen molar-refractivity contribution in [3.8, 4) is 11.8 Å². The first-order valence-electron chi connectivity index (χ1n) is 6.79. The van der Waals surface area contributed by atoms with E-state index in [2.05, 4.69) is 34.5 Å². The van der Waals surface area contributed by atoms with Gasteiger partial charge in [-0.1, -0.05) is 12.1 Å². The number of nitriles is 1. The molecule has 2 aromatic rings. The fraction of sp³-hybridized carbons (Fsp3) is 0.235. The normalized spacial score (nSPS) is 9.76. The minimum Gasteiger partial charge on any atom is -0.479 e. The van der Waals surface area contributed by atoms with Crippen LogP contribution in [0.25, 0.3) is 0 Å². The van der Waals surface area contributed by atoms with E-state index >= 15 is 0 Å². The Morgan fingerprint density at radius 3 is 2.29 bits per heavy atom. The number of hydrogen-bond acceptors (Lipinski definition) is 4. The van der Waals surface area contributed by atoms with E-state index in [4.69, 9.17) is 10.00 Å². The summed E-state index contributed by atoms with van der Waals surface area (Å²) in [7, 11) is 4.06. The van der Waals surface area contributed by atoms with Gasteiger partial charge in [-0.25, -0.2) is 0 Å². The van der Waals surface area contributed by atoms with Gasteiger partial charge in [-0.2, -0.15) is 5.26 Å². The van der Waals surface area contributed by atoms with E-state index in [0.717, 1.165) is 12.2 Å². The molecule has 21 heavy (non-hydrogen) atoms. The Balaban J connectivity index is 1.89. The Kier molecular flexibility index (Phi) is 5.05. The highest BCUT2D eigenvalue weighted by atomic mass is 16.5. The van der Waals surface area contributed by atoms with E-state index in [0.29, 0.717) is 5.75 Å². The van der Waals surface area contributed by atoms with Gasteiger partial charge in [0.05, 0.1) is 0 Å². The second-order valence-corrected chi connectivity index (χ2v) is 4.89. The first-order valence-corrected chi connectivity index (χ1v) is 6.79. The number of benzene rings is 2. The monoisotopic (exact) mass is 281 g/mol. The summed E-state index contributed by atoms with van der Waals surface area (Å²) in [5.41, 5.74) is 3.44. The van der Waals surface area contributed by atoms with Crippen molar-refractivity contribution in [1.82, 2.24) is 0 Å². The first-order chi connectivity index (χ1) is 10.2. The van der Waals surface area contributed by atoms with Gasteiger partial charge in [0.15, 0.2) is 6.61 Å². The molecule has 0 saturated carbocycles. The lowest BCUT2D eigenvalue weighted by Crippen LogP contribution is -2.08. The minimum atomic E-state index is 0.0744. The fourth-order valence-corrected chi connectivity index (χ4v) is 1.90. The van der Waals surface area contributed by atoms with Crippen LogP contribution in [-0.4, -0.2) is 20.7 Å². The number of anilines is 2. The van der Waals surface area contributed by atoms with Gasteiger partial charge >= 0.3 is 0 Å². The Morgan fingerprint density at radius 1 is 1.05 bits per heavy atom. The largest absolute Gasteiger partial charge is 0.479 e. The van der Waals surface area contributed by atoms with Crippen molar-refractivity contribution in [3.05, 3.63) is 54.1 Å². The molecule has 0 amide bonds. The molecule has 0 radical (unpaired) electrons. The van der Waals surface area contributed by atoms with E-state index in [1.807, 2.05) is 44.4 Å². The Labute approximate surface area is 125 Å². The summed E-state index contributed by atoms with van der Waals surface area (Å²) in [5, 5.41) is 11.8. The molecule has 0 unspecified atom stereocenters. The van der Waals surface area contributed by atoms with Crippen LogP contribution >= 0.6 is 0 Å². The smallest absolute Gasteiger partial charge is 0.174 e. The number of rotatable bonds is 6. The molecule has 4 heteroatoms. The van der Waals surface area contributed by atoms with Gasteiger partial charge in [0.25, 0.3) is 0 Å². The van der Waals surface area contributed by atoms with E-state index in [9.17, 15) is 0 Å². The summed E-state index contributed by atoms with van der Waals surface area (Å²) >= 11 is 0. The Morgan fingerprint density at radius 2 is 1.71 bits per heavy atom. The summed E-state index contributed by atoms with van der Waals surface area (Å²) in [4.78, 5) is 2.08. The highest BCUT2D eigenvalue weighted by Gasteiger charge is 1.98. The van der Waals surface area contributed by atoms with Crippen LogP contribution in [0.15, 0.2) is 48.5 Å². The quantitative estimate of drug-likeness (QED) is 0.883. The van der Waals surface area contributed by atoms with Crippen molar-refractivity contribution in [2.75, 3.05) is 30.9 Å². The van der Waals surface area contributed by atoms with Gasteiger partial charge in [0.2, 0.25) is 0 Å². The summed E-state index contributed by atoms with van der Waals surface area (Å²) in [5.74, 6) is 0.706. The number of nitrogens with zero attached hydrogens (tertiary/aromatic N) is 2. The van der Waals surface area contributed by atoms with Crippen LogP contribution in [0.5, 0.6) is 5.75 Å². The lowest BCUT2D eigenvalue weighted by atomic mass is 10.2. The van der Waals surface area contributed by atoms with Crippen LogP contribution in [0.2, 0.25) is 0 Å². The third-order valence-electron chi connectivity index (χ3n) is 3.11. The zero-order valence-electron chi connectivity index (χ0n) is 12.3. The molecule has 0 atom stereocenters. The molecule has 2 aromatic carbocycles. The lowest BCUT2D eigenvalue weighted by molar-refractivity contribution is 0.368. The Hall–Kier alpha value is -2.67. The van der Waals surface area contributed by atoms with Gasteiger partial charge in [0, 0.05) is 32.0 Å². The zero-order valence-corrected chi connectivity index (χ0v) is 12.3. The SMILES string of the molecule is CN(C)c1ccc(CNc2ccc(OCC#N)cc2)cc1. The maximum absolute atomic E-state index is 8.46. The summed E-state index contributed by atoms with van der Waals surface area (Å²) < 4.78 is 5.21. The van der Waals surface area contributed by atoms with Gasteiger partial charge in [-0.3, -0.25) is 0 Å². The van der Waals surface area contributed by atoms with Crippen LogP contribution in [-0.2, 0) is 6.54 Å². The molecule has 0 heterocycles. The molecule has 0 fully saturated rings. The molecule has 108 valence electrons. The van der Waals surface area contributed by atoms with Gasteiger partial charge < -0.3 is 15.0 Å². The molecule has 0 bridgehead atoms.